The van der Waals surface area contributed by atoms with Gasteiger partial charge in [-0.25, -0.2) is 0 Å². The molecule has 74 valence electrons. The lowest BCUT2D eigenvalue weighted by Crippen LogP contribution is -2.49. The monoisotopic (exact) mass is 183 g/mol. The Hall–Kier alpha value is -0.860. The topological polar surface area (TPSA) is 37.4 Å². The highest BCUT2D eigenvalue weighted by Crippen LogP contribution is 2.18. The van der Waals surface area contributed by atoms with Crippen molar-refractivity contribution in [3.63, 3.8) is 0 Å². The van der Waals surface area contributed by atoms with Gasteiger partial charge in [-0.1, -0.05) is 20.8 Å². The van der Waals surface area contributed by atoms with Gasteiger partial charge in [-0.3, -0.25) is 14.5 Å². The maximum absolute atomic E-state index is 11.6. The second kappa shape index (κ2) is 3.90. The van der Waals surface area contributed by atoms with Gasteiger partial charge in [0.05, 0.1) is 0 Å². The Labute approximate surface area is 79.1 Å². The third-order valence-electron chi connectivity index (χ3n) is 2.36. The Morgan fingerprint density at radius 2 is 2.08 bits per heavy atom. The van der Waals surface area contributed by atoms with E-state index in [9.17, 15) is 9.59 Å². The van der Waals surface area contributed by atoms with Crippen LogP contribution in [0, 0.1) is 11.8 Å². The molecule has 3 nitrogen and oxygen atoms in total. The molecule has 0 bridgehead atoms. The van der Waals surface area contributed by atoms with Crippen LogP contribution in [0.5, 0.6) is 0 Å². The molecule has 0 spiro atoms. The molecule has 0 radical (unpaired) electrons. The SMILES string of the molecule is CC(C)C[C@H](C)C(=O)N1CCC1=O. The van der Waals surface area contributed by atoms with E-state index in [1.54, 1.807) is 0 Å². The van der Waals surface area contributed by atoms with Crippen molar-refractivity contribution in [1.29, 1.82) is 0 Å². The van der Waals surface area contributed by atoms with Gasteiger partial charge in [-0.15, -0.1) is 0 Å². The first-order valence-corrected chi connectivity index (χ1v) is 4.86. The summed E-state index contributed by atoms with van der Waals surface area (Å²) in [7, 11) is 0. The Kier molecular flexibility index (Phi) is 3.07. The van der Waals surface area contributed by atoms with Crippen LogP contribution in [0.1, 0.15) is 33.6 Å². The number of likely N-dealkylation sites (tertiary alicyclic amines) is 1. The largest absolute Gasteiger partial charge is 0.282 e. The Bertz CT molecular complexity index is 223. The molecular weight excluding hydrogens is 166 g/mol. The van der Waals surface area contributed by atoms with E-state index in [1.165, 1.54) is 4.90 Å². The molecule has 1 fully saturated rings. The maximum atomic E-state index is 11.6. The van der Waals surface area contributed by atoms with Gasteiger partial charge in [-0.2, -0.15) is 0 Å². The van der Waals surface area contributed by atoms with Crippen LogP contribution >= 0.6 is 0 Å². The smallest absolute Gasteiger partial charge is 0.232 e. The summed E-state index contributed by atoms with van der Waals surface area (Å²) in [6.45, 7) is 6.69. The summed E-state index contributed by atoms with van der Waals surface area (Å²) in [6.07, 6.45) is 1.41. The van der Waals surface area contributed by atoms with Gasteiger partial charge in [0, 0.05) is 18.9 Å². The number of hydrogen-bond acceptors (Lipinski definition) is 2. The summed E-state index contributed by atoms with van der Waals surface area (Å²) in [6, 6.07) is 0. The molecule has 1 aliphatic rings. The summed E-state index contributed by atoms with van der Waals surface area (Å²) < 4.78 is 0. The number of imide groups is 1. The lowest BCUT2D eigenvalue weighted by molar-refractivity contribution is -0.154. The standard InChI is InChI=1S/C10H17NO2/c1-7(2)6-8(3)10(13)11-5-4-9(11)12/h7-8H,4-6H2,1-3H3/t8-/m0/s1. The van der Waals surface area contributed by atoms with E-state index < -0.39 is 0 Å². The summed E-state index contributed by atoms with van der Waals surface area (Å²) in [5, 5.41) is 0. The van der Waals surface area contributed by atoms with Crippen molar-refractivity contribution in [2.75, 3.05) is 6.54 Å². The zero-order valence-electron chi connectivity index (χ0n) is 8.54. The minimum Gasteiger partial charge on any atom is -0.282 e. The molecule has 0 unspecified atom stereocenters. The molecule has 0 saturated carbocycles. The second-order valence-electron chi connectivity index (χ2n) is 4.16. The molecule has 1 atom stereocenters. The number of rotatable bonds is 3. The molecule has 1 aliphatic heterocycles. The number of nitrogens with zero attached hydrogens (tertiary/aromatic N) is 1. The Morgan fingerprint density at radius 1 is 1.46 bits per heavy atom. The fourth-order valence-electron chi connectivity index (χ4n) is 1.62. The minimum absolute atomic E-state index is 0.00458. The van der Waals surface area contributed by atoms with Crippen molar-refractivity contribution in [3.05, 3.63) is 0 Å². The van der Waals surface area contributed by atoms with Crippen molar-refractivity contribution in [2.45, 2.75) is 33.6 Å². The van der Waals surface area contributed by atoms with Crippen LogP contribution in [-0.2, 0) is 9.59 Å². The fourth-order valence-corrected chi connectivity index (χ4v) is 1.62. The van der Waals surface area contributed by atoms with Gasteiger partial charge in [0.2, 0.25) is 11.8 Å². The van der Waals surface area contributed by atoms with Crippen molar-refractivity contribution in [1.82, 2.24) is 4.90 Å². The minimum atomic E-state index is -0.0133. The van der Waals surface area contributed by atoms with Gasteiger partial charge < -0.3 is 0 Å². The first-order chi connectivity index (χ1) is 6.02. The van der Waals surface area contributed by atoms with Crippen LogP contribution in [-0.4, -0.2) is 23.3 Å². The van der Waals surface area contributed by atoms with E-state index >= 15 is 0 Å². The molecule has 3 heteroatoms. The van der Waals surface area contributed by atoms with Crippen LogP contribution in [0.15, 0.2) is 0 Å². The van der Waals surface area contributed by atoms with Crippen LogP contribution < -0.4 is 0 Å². The normalized spacial score (nSPS) is 18.8. The van der Waals surface area contributed by atoms with Gasteiger partial charge in [0.25, 0.3) is 0 Å². The average Bonchev–Trinajstić information content (AvgIpc) is 2.00. The first-order valence-electron chi connectivity index (χ1n) is 4.86. The zero-order chi connectivity index (χ0) is 10.0. The van der Waals surface area contributed by atoms with E-state index in [4.69, 9.17) is 0 Å². The molecule has 0 aromatic rings. The number of hydrogen-bond donors (Lipinski definition) is 0. The molecule has 1 saturated heterocycles. The van der Waals surface area contributed by atoms with E-state index in [0.29, 0.717) is 18.9 Å². The van der Waals surface area contributed by atoms with Crippen molar-refractivity contribution >= 4 is 11.8 Å². The molecule has 1 rings (SSSR count). The van der Waals surface area contributed by atoms with E-state index in [1.807, 2.05) is 6.92 Å². The lowest BCUT2D eigenvalue weighted by Gasteiger charge is -2.31. The second-order valence-corrected chi connectivity index (χ2v) is 4.16. The van der Waals surface area contributed by atoms with Gasteiger partial charge >= 0.3 is 0 Å². The molecule has 0 N–H and O–H groups in total. The molecule has 2 amide bonds. The summed E-state index contributed by atoms with van der Waals surface area (Å²) in [4.78, 5) is 23.9. The Morgan fingerprint density at radius 3 is 2.38 bits per heavy atom. The number of amides is 2. The fraction of sp³-hybridized carbons (Fsp3) is 0.800. The summed E-state index contributed by atoms with van der Waals surface area (Å²) >= 11 is 0. The predicted octanol–water partition coefficient (Wildman–Crippen LogP) is 1.43. The third-order valence-corrected chi connectivity index (χ3v) is 2.36. The van der Waals surface area contributed by atoms with Gasteiger partial charge in [0.1, 0.15) is 0 Å². The van der Waals surface area contributed by atoms with Gasteiger partial charge in [0.15, 0.2) is 0 Å². The maximum Gasteiger partial charge on any atom is 0.232 e. The third kappa shape index (κ3) is 2.29. The quantitative estimate of drug-likeness (QED) is 0.621. The molecular formula is C10H17NO2. The highest BCUT2D eigenvalue weighted by atomic mass is 16.2. The van der Waals surface area contributed by atoms with Crippen LogP contribution in [0.4, 0.5) is 0 Å². The predicted molar refractivity (Wildman–Crippen MR) is 50.0 cm³/mol. The molecule has 13 heavy (non-hydrogen) atoms. The number of carbonyl (C=O) groups is 2. The van der Waals surface area contributed by atoms with Crippen molar-refractivity contribution in [2.24, 2.45) is 11.8 Å². The van der Waals surface area contributed by atoms with Crippen LogP contribution in [0.2, 0.25) is 0 Å². The first kappa shape index (κ1) is 10.2. The summed E-state index contributed by atoms with van der Waals surface area (Å²) in [5.41, 5.74) is 0. The van der Waals surface area contributed by atoms with E-state index in [-0.39, 0.29) is 17.7 Å². The van der Waals surface area contributed by atoms with E-state index in [0.717, 1.165) is 6.42 Å². The number of β-lactam (4-membered cyclic amide) rings is 1. The summed E-state index contributed by atoms with van der Waals surface area (Å²) in [5.74, 6) is 0.491. The average molecular weight is 183 g/mol. The van der Waals surface area contributed by atoms with Crippen molar-refractivity contribution < 1.29 is 9.59 Å². The lowest BCUT2D eigenvalue weighted by atomic mass is 9.96. The molecule has 0 aliphatic carbocycles. The molecule has 0 aromatic carbocycles. The molecule has 1 heterocycles. The van der Waals surface area contributed by atoms with Gasteiger partial charge in [-0.05, 0) is 12.3 Å². The zero-order valence-corrected chi connectivity index (χ0v) is 8.54. The molecule has 0 aromatic heterocycles. The van der Waals surface area contributed by atoms with Crippen LogP contribution in [0.3, 0.4) is 0 Å². The Balaban J connectivity index is 2.42. The van der Waals surface area contributed by atoms with Crippen LogP contribution in [0.25, 0.3) is 0 Å². The number of carbonyl (C=O) groups excluding carboxylic acids is 2. The van der Waals surface area contributed by atoms with Crippen molar-refractivity contribution in [3.8, 4) is 0 Å². The highest BCUT2D eigenvalue weighted by Gasteiger charge is 2.32. The highest BCUT2D eigenvalue weighted by molar-refractivity contribution is 6.00. The van der Waals surface area contributed by atoms with E-state index in [2.05, 4.69) is 13.8 Å².